The van der Waals surface area contributed by atoms with Gasteiger partial charge in [0.1, 0.15) is 13.2 Å². The summed E-state index contributed by atoms with van der Waals surface area (Å²) in [6.07, 6.45) is 86.5. The average Bonchev–Trinajstić information content (AvgIpc) is 3.42. The van der Waals surface area contributed by atoms with Crippen LogP contribution in [0.5, 0.6) is 0 Å². The van der Waals surface area contributed by atoms with E-state index in [1.165, 1.54) is 135 Å². The zero-order valence-corrected chi connectivity index (χ0v) is 49.7. The summed E-state index contributed by atoms with van der Waals surface area (Å²) >= 11 is 0. The average molecular weight is 1060 g/mol. The van der Waals surface area contributed by atoms with E-state index in [0.717, 1.165) is 122 Å². The summed E-state index contributed by atoms with van der Waals surface area (Å²) in [5.41, 5.74) is 0. The van der Waals surface area contributed by atoms with Crippen LogP contribution in [0.3, 0.4) is 0 Å². The molecule has 0 aliphatic rings. The molecule has 0 aliphatic heterocycles. The number of hydrogen-bond donors (Lipinski definition) is 0. The summed E-state index contributed by atoms with van der Waals surface area (Å²) in [6, 6.07) is 0. The number of carbonyl (C=O) groups excluding carboxylic acids is 3. The van der Waals surface area contributed by atoms with E-state index in [1.807, 2.05) is 0 Å². The summed E-state index contributed by atoms with van der Waals surface area (Å²) in [7, 11) is 0. The van der Waals surface area contributed by atoms with Crippen molar-refractivity contribution in [1.29, 1.82) is 0 Å². The molecule has 0 rings (SSSR count). The highest BCUT2D eigenvalue weighted by atomic mass is 16.6. The third-order valence-corrected chi connectivity index (χ3v) is 13.5. The Bertz CT molecular complexity index is 1540. The molecule has 1 atom stereocenters. The first-order chi connectivity index (χ1) is 37.5. The molecule has 0 aromatic carbocycles. The van der Waals surface area contributed by atoms with Crippen molar-refractivity contribution < 1.29 is 28.6 Å². The fourth-order valence-corrected chi connectivity index (χ4v) is 8.71. The lowest BCUT2D eigenvalue weighted by molar-refractivity contribution is -0.167. The second-order valence-corrected chi connectivity index (χ2v) is 20.9. The SMILES string of the molecule is CC/C=C\C/C=C\C/C=C\C/C=C\C/C=C\C/C=C\CCCCCCC(=O)OCC(COC(=O)CCCCCCC/C=C\CCCCCCCCC)OC(=O)CCCCCCCCCCC/C=C\C/C=C\CCCCC. The number of allylic oxidation sites excluding steroid dienone is 18. The number of carbonyl (C=O) groups is 3. The van der Waals surface area contributed by atoms with Crippen LogP contribution < -0.4 is 0 Å². The van der Waals surface area contributed by atoms with Crippen molar-refractivity contribution in [2.45, 2.75) is 303 Å². The van der Waals surface area contributed by atoms with Crippen LogP contribution in [0.4, 0.5) is 0 Å². The number of unbranched alkanes of at least 4 members (excludes halogenated alkanes) is 28. The molecule has 0 amide bonds. The predicted octanol–water partition coefficient (Wildman–Crippen LogP) is 21.8. The molecule has 0 heterocycles. The molecule has 0 saturated heterocycles. The normalized spacial score (nSPS) is 12.8. The second kappa shape index (κ2) is 63.6. The molecule has 0 N–H and O–H groups in total. The molecule has 0 bridgehead atoms. The predicted molar refractivity (Wildman–Crippen MR) is 330 cm³/mol. The molecule has 434 valence electrons. The fraction of sp³-hybridized carbons (Fsp3) is 0.700. The summed E-state index contributed by atoms with van der Waals surface area (Å²) in [4.78, 5) is 38.3. The van der Waals surface area contributed by atoms with Crippen molar-refractivity contribution in [1.82, 2.24) is 0 Å². The van der Waals surface area contributed by atoms with Gasteiger partial charge in [0.25, 0.3) is 0 Å². The Balaban J connectivity index is 4.45. The van der Waals surface area contributed by atoms with Crippen LogP contribution in [-0.2, 0) is 28.6 Å². The second-order valence-electron chi connectivity index (χ2n) is 20.9. The first kappa shape index (κ1) is 72.1. The topological polar surface area (TPSA) is 78.9 Å². The summed E-state index contributed by atoms with van der Waals surface area (Å²) < 4.78 is 16.9. The fourth-order valence-electron chi connectivity index (χ4n) is 8.71. The van der Waals surface area contributed by atoms with E-state index in [-0.39, 0.29) is 31.1 Å². The van der Waals surface area contributed by atoms with Crippen LogP contribution in [0.2, 0.25) is 0 Å². The number of esters is 3. The van der Waals surface area contributed by atoms with Gasteiger partial charge in [-0.05, 0) is 128 Å². The van der Waals surface area contributed by atoms with Crippen LogP contribution in [0.25, 0.3) is 0 Å². The maximum absolute atomic E-state index is 12.9. The van der Waals surface area contributed by atoms with Gasteiger partial charge in [0.05, 0.1) is 0 Å². The standard InChI is InChI=1S/C70H118O6/c1-4-7-10-13-16-19-22-25-28-31-33-34-35-36-38-39-42-45-48-51-54-57-60-63-69(72)75-66-67(65-74-68(71)62-59-56-53-50-47-44-41-30-27-24-21-18-15-12-9-6-3)76-70(73)64-61-58-55-52-49-46-43-40-37-32-29-26-23-20-17-14-11-8-5-2/h7,10,16-17,19-20,25-26,28-30,33-34,36,38,41-42,45,67H,4-6,8-9,11-15,18,21-24,27,31-32,35,37,39-40,43-44,46-66H2,1-3H3/b10-7-,19-16-,20-17-,28-25-,29-26-,34-33-,38-36-,41-30-,45-42-. The van der Waals surface area contributed by atoms with E-state index in [4.69, 9.17) is 14.2 Å². The van der Waals surface area contributed by atoms with Crippen molar-refractivity contribution in [3.05, 3.63) is 109 Å². The molecule has 0 radical (unpaired) electrons. The van der Waals surface area contributed by atoms with Crippen LogP contribution in [0.15, 0.2) is 109 Å². The van der Waals surface area contributed by atoms with E-state index < -0.39 is 6.10 Å². The number of ether oxygens (including phenoxy) is 3. The highest BCUT2D eigenvalue weighted by molar-refractivity contribution is 5.71. The molecule has 6 nitrogen and oxygen atoms in total. The van der Waals surface area contributed by atoms with Gasteiger partial charge in [-0.25, -0.2) is 0 Å². The van der Waals surface area contributed by atoms with E-state index in [2.05, 4.69) is 130 Å². The van der Waals surface area contributed by atoms with Gasteiger partial charge in [0.2, 0.25) is 0 Å². The van der Waals surface area contributed by atoms with Gasteiger partial charge in [0, 0.05) is 19.3 Å². The van der Waals surface area contributed by atoms with E-state index in [9.17, 15) is 14.4 Å². The Morgan fingerprint density at radius 1 is 0.276 bits per heavy atom. The van der Waals surface area contributed by atoms with Gasteiger partial charge in [-0.3, -0.25) is 14.4 Å². The third-order valence-electron chi connectivity index (χ3n) is 13.5. The van der Waals surface area contributed by atoms with Crippen LogP contribution in [0, 0.1) is 0 Å². The maximum Gasteiger partial charge on any atom is 0.306 e. The van der Waals surface area contributed by atoms with Crippen LogP contribution >= 0.6 is 0 Å². The molecule has 0 spiro atoms. The van der Waals surface area contributed by atoms with Crippen molar-refractivity contribution in [3.63, 3.8) is 0 Å². The summed E-state index contributed by atoms with van der Waals surface area (Å²) in [5.74, 6) is -0.923. The Hall–Kier alpha value is -3.93. The minimum atomic E-state index is -0.798. The minimum absolute atomic E-state index is 0.0928. The van der Waals surface area contributed by atoms with Gasteiger partial charge in [-0.15, -0.1) is 0 Å². The molecule has 76 heavy (non-hydrogen) atoms. The monoisotopic (exact) mass is 1050 g/mol. The van der Waals surface area contributed by atoms with E-state index >= 15 is 0 Å². The van der Waals surface area contributed by atoms with Crippen molar-refractivity contribution in [2.24, 2.45) is 0 Å². The molecule has 1 unspecified atom stereocenters. The van der Waals surface area contributed by atoms with Gasteiger partial charge < -0.3 is 14.2 Å². The highest BCUT2D eigenvalue weighted by Crippen LogP contribution is 2.15. The number of rotatable bonds is 57. The largest absolute Gasteiger partial charge is 0.462 e. The Morgan fingerprint density at radius 3 is 0.842 bits per heavy atom. The molecule has 6 heteroatoms. The van der Waals surface area contributed by atoms with Gasteiger partial charge >= 0.3 is 17.9 Å². The summed E-state index contributed by atoms with van der Waals surface area (Å²) in [5, 5.41) is 0. The first-order valence-corrected chi connectivity index (χ1v) is 31.9. The zero-order valence-electron chi connectivity index (χ0n) is 49.7. The van der Waals surface area contributed by atoms with E-state index in [0.29, 0.717) is 19.3 Å². The molecule has 0 aliphatic carbocycles. The molecule has 0 aromatic heterocycles. The molecular formula is C70H118O6. The molecule has 0 aromatic rings. The lowest BCUT2D eigenvalue weighted by Gasteiger charge is -2.18. The van der Waals surface area contributed by atoms with Crippen molar-refractivity contribution in [2.75, 3.05) is 13.2 Å². The van der Waals surface area contributed by atoms with Crippen molar-refractivity contribution >= 4 is 17.9 Å². The van der Waals surface area contributed by atoms with Gasteiger partial charge in [0.15, 0.2) is 6.10 Å². The third kappa shape index (κ3) is 60.9. The van der Waals surface area contributed by atoms with E-state index in [1.54, 1.807) is 0 Å². The Kier molecular flexibility index (Phi) is 60.3. The van der Waals surface area contributed by atoms with Gasteiger partial charge in [-0.1, -0.05) is 259 Å². The van der Waals surface area contributed by atoms with Crippen molar-refractivity contribution in [3.8, 4) is 0 Å². The molecule has 0 saturated carbocycles. The summed E-state index contributed by atoms with van der Waals surface area (Å²) in [6.45, 7) is 6.49. The lowest BCUT2D eigenvalue weighted by Crippen LogP contribution is -2.30. The highest BCUT2D eigenvalue weighted by Gasteiger charge is 2.19. The van der Waals surface area contributed by atoms with Gasteiger partial charge in [-0.2, -0.15) is 0 Å². The maximum atomic E-state index is 12.9. The molecule has 0 fully saturated rings. The molecular weight excluding hydrogens is 937 g/mol. The lowest BCUT2D eigenvalue weighted by atomic mass is 10.1. The first-order valence-electron chi connectivity index (χ1n) is 31.9. The smallest absolute Gasteiger partial charge is 0.306 e. The van der Waals surface area contributed by atoms with Crippen LogP contribution in [0.1, 0.15) is 297 Å². The quantitative estimate of drug-likeness (QED) is 0.0261. The Morgan fingerprint density at radius 2 is 0.513 bits per heavy atom. The zero-order chi connectivity index (χ0) is 55.0. The number of hydrogen-bond acceptors (Lipinski definition) is 6. The Labute approximate surface area is 470 Å². The minimum Gasteiger partial charge on any atom is -0.462 e. The van der Waals surface area contributed by atoms with Crippen LogP contribution in [-0.4, -0.2) is 37.2 Å².